The fourth-order valence-corrected chi connectivity index (χ4v) is 4.70. The van der Waals surface area contributed by atoms with Crippen LogP contribution in [-0.4, -0.2) is 0 Å². The molecular weight excluding hydrogens is 422 g/mol. The molecule has 0 aliphatic rings. The Balaban J connectivity index is 1.44. The summed E-state index contributed by atoms with van der Waals surface area (Å²) < 4.78 is 0. The third kappa shape index (κ3) is 4.32. The summed E-state index contributed by atoms with van der Waals surface area (Å²) in [6.45, 7) is 0. The normalized spacial score (nSPS) is 10.9. The van der Waals surface area contributed by atoms with Crippen molar-refractivity contribution in [2.75, 3.05) is 5.32 Å². The zero-order valence-electron chi connectivity index (χ0n) is 19.4. The van der Waals surface area contributed by atoms with Crippen molar-refractivity contribution in [1.29, 1.82) is 0 Å². The lowest BCUT2D eigenvalue weighted by Crippen LogP contribution is -1.90. The van der Waals surface area contributed by atoms with Crippen molar-refractivity contribution in [3.8, 4) is 33.4 Å². The van der Waals surface area contributed by atoms with Crippen molar-refractivity contribution in [3.63, 3.8) is 0 Å². The van der Waals surface area contributed by atoms with Crippen LogP contribution in [0, 0.1) is 0 Å². The Bertz CT molecular complexity index is 1570. The average molecular weight is 448 g/mol. The van der Waals surface area contributed by atoms with Gasteiger partial charge >= 0.3 is 0 Å². The Hall–Kier alpha value is -4.62. The van der Waals surface area contributed by atoms with Gasteiger partial charge in [-0.1, -0.05) is 115 Å². The summed E-state index contributed by atoms with van der Waals surface area (Å²) in [6.07, 6.45) is 0. The maximum atomic E-state index is 3.47. The summed E-state index contributed by atoms with van der Waals surface area (Å²) >= 11 is 0. The lowest BCUT2D eigenvalue weighted by Gasteiger charge is -2.14. The number of fused-ring (bicyclic) bond motifs is 1. The maximum absolute atomic E-state index is 3.47. The van der Waals surface area contributed by atoms with Crippen LogP contribution in [0.5, 0.6) is 0 Å². The van der Waals surface area contributed by atoms with E-state index in [4.69, 9.17) is 0 Å². The number of anilines is 2. The van der Waals surface area contributed by atoms with Crippen LogP contribution >= 0.6 is 0 Å². The van der Waals surface area contributed by atoms with Crippen LogP contribution in [0.4, 0.5) is 11.4 Å². The standard InChI is InChI=1S/C34H25N/c1-4-10-26(11-5-1)31-22-23-32(27-12-6-2-7-13-27)34-24-28(18-21-33(31)34)25-16-19-30(20-17-25)35-29-14-8-3-9-15-29/h1-24,35H. The molecule has 0 spiro atoms. The van der Waals surface area contributed by atoms with Gasteiger partial charge in [-0.15, -0.1) is 0 Å². The molecule has 0 fully saturated rings. The van der Waals surface area contributed by atoms with Crippen molar-refractivity contribution in [2.24, 2.45) is 0 Å². The minimum absolute atomic E-state index is 1.08. The molecule has 166 valence electrons. The van der Waals surface area contributed by atoms with Gasteiger partial charge in [-0.05, 0) is 74.5 Å². The molecule has 6 aromatic carbocycles. The van der Waals surface area contributed by atoms with Crippen LogP contribution in [0.3, 0.4) is 0 Å². The van der Waals surface area contributed by atoms with Crippen molar-refractivity contribution in [2.45, 2.75) is 0 Å². The number of para-hydroxylation sites is 1. The van der Waals surface area contributed by atoms with Gasteiger partial charge in [0.1, 0.15) is 0 Å². The topological polar surface area (TPSA) is 12.0 Å². The van der Waals surface area contributed by atoms with Gasteiger partial charge in [0.25, 0.3) is 0 Å². The van der Waals surface area contributed by atoms with Crippen molar-refractivity contribution in [1.82, 2.24) is 0 Å². The van der Waals surface area contributed by atoms with Crippen molar-refractivity contribution < 1.29 is 0 Å². The Morgan fingerprint density at radius 3 is 1.40 bits per heavy atom. The Labute approximate surface area is 206 Å². The summed E-state index contributed by atoms with van der Waals surface area (Å²) in [7, 11) is 0. The Morgan fingerprint density at radius 2 is 0.800 bits per heavy atom. The first-order chi connectivity index (χ1) is 17.3. The largest absolute Gasteiger partial charge is 0.356 e. The van der Waals surface area contributed by atoms with Gasteiger partial charge in [0.05, 0.1) is 0 Å². The fraction of sp³-hybridized carbons (Fsp3) is 0. The maximum Gasteiger partial charge on any atom is 0.0384 e. The Kier molecular flexibility index (Phi) is 5.58. The number of benzene rings is 6. The molecule has 0 unspecified atom stereocenters. The zero-order valence-corrected chi connectivity index (χ0v) is 19.4. The van der Waals surface area contributed by atoms with Gasteiger partial charge < -0.3 is 5.32 Å². The average Bonchev–Trinajstić information content (AvgIpc) is 2.94. The van der Waals surface area contributed by atoms with Gasteiger partial charge in [0.2, 0.25) is 0 Å². The van der Waals surface area contributed by atoms with E-state index in [1.807, 2.05) is 18.2 Å². The van der Waals surface area contributed by atoms with Crippen LogP contribution in [0.25, 0.3) is 44.2 Å². The summed E-state index contributed by atoms with van der Waals surface area (Å²) in [4.78, 5) is 0. The van der Waals surface area contributed by atoms with E-state index < -0.39 is 0 Å². The summed E-state index contributed by atoms with van der Waals surface area (Å²) in [5.41, 5.74) is 9.57. The fourth-order valence-electron chi connectivity index (χ4n) is 4.70. The first-order valence-electron chi connectivity index (χ1n) is 12.0. The number of hydrogen-bond donors (Lipinski definition) is 1. The second-order valence-corrected chi connectivity index (χ2v) is 8.72. The minimum atomic E-state index is 1.08. The quantitative estimate of drug-likeness (QED) is 0.277. The molecule has 1 heteroatoms. The van der Waals surface area contributed by atoms with Crippen LogP contribution in [0.1, 0.15) is 0 Å². The highest BCUT2D eigenvalue weighted by molar-refractivity contribution is 6.06. The molecule has 0 aromatic heterocycles. The first-order valence-corrected chi connectivity index (χ1v) is 12.0. The van der Waals surface area contributed by atoms with Gasteiger partial charge in [0.15, 0.2) is 0 Å². The van der Waals surface area contributed by atoms with E-state index in [0.717, 1.165) is 11.4 Å². The molecule has 0 heterocycles. The molecule has 6 rings (SSSR count). The molecule has 35 heavy (non-hydrogen) atoms. The lowest BCUT2D eigenvalue weighted by molar-refractivity contribution is 1.54. The second kappa shape index (κ2) is 9.32. The summed E-state index contributed by atoms with van der Waals surface area (Å²) in [6, 6.07) is 51.6. The highest BCUT2D eigenvalue weighted by atomic mass is 14.9. The highest BCUT2D eigenvalue weighted by Crippen LogP contribution is 2.38. The van der Waals surface area contributed by atoms with Crippen LogP contribution < -0.4 is 5.32 Å². The molecule has 0 amide bonds. The van der Waals surface area contributed by atoms with E-state index in [-0.39, 0.29) is 0 Å². The predicted molar refractivity (Wildman–Crippen MR) is 150 cm³/mol. The number of hydrogen-bond acceptors (Lipinski definition) is 1. The van der Waals surface area contributed by atoms with E-state index in [1.165, 1.54) is 44.2 Å². The molecule has 0 aliphatic heterocycles. The van der Waals surface area contributed by atoms with Gasteiger partial charge in [0, 0.05) is 11.4 Å². The van der Waals surface area contributed by atoms with Crippen molar-refractivity contribution >= 4 is 22.1 Å². The van der Waals surface area contributed by atoms with Crippen LogP contribution in [-0.2, 0) is 0 Å². The van der Waals surface area contributed by atoms with Gasteiger partial charge in [-0.3, -0.25) is 0 Å². The molecule has 0 saturated heterocycles. The van der Waals surface area contributed by atoms with E-state index >= 15 is 0 Å². The summed E-state index contributed by atoms with van der Waals surface area (Å²) in [5.74, 6) is 0. The third-order valence-electron chi connectivity index (χ3n) is 6.47. The second-order valence-electron chi connectivity index (χ2n) is 8.72. The first kappa shape index (κ1) is 20.9. The summed E-state index contributed by atoms with van der Waals surface area (Å²) in [5, 5.41) is 6.00. The van der Waals surface area contributed by atoms with Crippen molar-refractivity contribution in [3.05, 3.63) is 146 Å². The van der Waals surface area contributed by atoms with Crippen LogP contribution in [0.15, 0.2) is 146 Å². The predicted octanol–water partition coefficient (Wildman–Crippen LogP) is 9.58. The SMILES string of the molecule is c1ccc(Nc2ccc(-c3ccc4c(-c5ccccc5)ccc(-c5ccccc5)c4c3)cc2)cc1. The van der Waals surface area contributed by atoms with Gasteiger partial charge in [-0.25, -0.2) is 0 Å². The van der Waals surface area contributed by atoms with E-state index in [9.17, 15) is 0 Å². The molecule has 0 bridgehead atoms. The number of nitrogens with one attached hydrogen (secondary N) is 1. The molecule has 0 atom stereocenters. The zero-order chi connectivity index (χ0) is 23.5. The monoisotopic (exact) mass is 447 g/mol. The van der Waals surface area contributed by atoms with E-state index in [2.05, 4.69) is 133 Å². The van der Waals surface area contributed by atoms with Gasteiger partial charge in [-0.2, -0.15) is 0 Å². The van der Waals surface area contributed by atoms with E-state index in [0.29, 0.717) is 0 Å². The van der Waals surface area contributed by atoms with E-state index in [1.54, 1.807) is 0 Å². The lowest BCUT2D eigenvalue weighted by atomic mass is 9.90. The molecular formula is C34H25N. The Morgan fingerprint density at radius 1 is 0.314 bits per heavy atom. The highest BCUT2D eigenvalue weighted by Gasteiger charge is 2.11. The van der Waals surface area contributed by atoms with Crippen LogP contribution in [0.2, 0.25) is 0 Å². The molecule has 1 nitrogen and oxygen atoms in total. The molecule has 0 radical (unpaired) electrons. The molecule has 0 aliphatic carbocycles. The molecule has 6 aromatic rings. The smallest absolute Gasteiger partial charge is 0.0384 e. The molecule has 1 N–H and O–H groups in total. The number of rotatable bonds is 5. The molecule has 0 saturated carbocycles. The third-order valence-corrected chi connectivity index (χ3v) is 6.47. The minimum Gasteiger partial charge on any atom is -0.356 e.